The summed E-state index contributed by atoms with van der Waals surface area (Å²) in [5.41, 5.74) is 12.6. The number of benzene rings is 1. The van der Waals surface area contributed by atoms with Gasteiger partial charge in [0.15, 0.2) is 0 Å². The van der Waals surface area contributed by atoms with Gasteiger partial charge in [0.25, 0.3) is 0 Å². The SMILES string of the molecule is CC(=O)O[C@@H]1C[C@@H](C(=O)N[C@@H](Cc2c[nH]c3ccccc23)C(=O)N[C@H](C(N)=O)[C@@H](C)O)N(C(=O)[C@@H](N)[C@@H](C)O)C1. The molecule has 1 aromatic carbocycles. The Labute approximate surface area is 230 Å². The second-order valence-electron chi connectivity index (χ2n) is 9.99. The van der Waals surface area contributed by atoms with Crippen LogP contribution in [0.15, 0.2) is 30.5 Å². The highest BCUT2D eigenvalue weighted by molar-refractivity contribution is 5.96. The third-order valence-corrected chi connectivity index (χ3v) is 6.80. The Balaban J connectivity index is 1.90. The summed E-state index contributed by atoms with van der Waals surface area (Å²) in [6.07, 6.45) is -1.73. The van der Waals surface area contributed by atoms with Gasteiger partial charge < -0.3 is 46.9 Å². The summed E-state index contributed by atoms with van der Waals surface area (Å²) in [7, 11) is 0. The highest BCUT2D eigenvalue weighted by atomic mass is 16.5. The predicted octanol–water partition coefficient (Wildman–Crippen LogP) is -2.21. The van der Waals surface area contributed by atoms with E-state index in [9.17, 15) is 34.2 Å². The van der Waals surface area contributed by atoms with Crippen LogP contribution in [0.4, 0.5) is 0 Å². The van der Waals surface area contributed by atoms with E-state index >= 15 is 0 Å². The molecule has 9 N–H and O–H groups in total. The lowest BCUT2D eigenvalue weighted by atomic mass is 10.0. The minimum atomic E-state index is -1.42. The molecule has 1 aliphatic rings. The summed E-state index contributed by atoms with van der Waals surface area (Å²) in [5, 5.41) is 25.6. The maximum Gasteiger partial charge on any atom is 0.302 e. The number of H-pyrrole nitrogens is 1. The Morgan fingerprint density at radius 1 is 1.12 bits per heavy atom. The van der Waals surface area contributed by atoms with Gasteiger partial charge in [-0.3, -0.25) is 24.0 Å². The van der Waals surface area contributed by atoms with Crippen molar-refractivity contribution >= 4 is 40.5 Å². The molecule has 0 saturated carbocycles. The van der Waals surface area contributed by atoms with Gasteiger partial charge in [-0.2, -0.15) is 0 Å². The number of aromatic amines is 1. The van der Waals surface area contributed by atoms with Gasteiger partial charge in [0, 0.05) is 36.9 Å². The zero-order valence-corrected chi connectivity index (χ0v) is 22.5. The highest BCUT2D eigenvalue weighted by Gasteiger charge is 2.44. The Morgan fingerprint density at radius 3 is 2.40 bits per heavy atom. The summed E-state index contributed by atoms with van der Waals surface area (Å²) in [6.45, 7) is 3.67. The van der Waals surface area contributed by atoms with Crippen LogP contribution in [0.25, 0.3) is 10.9 Å². The summed E-state index contributed by atoms with van der Waals surface area (Å²) < 4.78 is 5.22. The van der Waals surface area contributed by atoms with E-state index in [0.29, 0.717) is 5.56 Å². The van der Waals surface area contributed by atoms with Crippen LogP contribution in [-0.4, -0.2) is 98.7 Å². The van der Waals surface area contributed by atoms with Crippen molar-refractivity contribution in [2.45, 2.75) is 76.1 Å². The number of ether oxygens (including phenoxy) is 1. The number of esters is 1. The molecule has 14 heteroatoms. The molecule has 0 spiro atoms. The number of nitrogens with two attached hydrogens (primary N) is 2. The van der Waals surface area contributed by atoms with Gasteiger partial charge in [0.1, 0.15) is 30.3 Å². The van der Waals surface area contributed by atoms with E-state index in [4.69, 9.17) is 16.2 Å². The quantitative estimate of drug-likeness (QED) is 0.147. The van der Waals surface area contributed by atoms with E-state index in [-0.39, 0.29) is 19.4 Å². The van der Waals surface area contributed by atoms with Crippen molar-refractivity contribution in [2.75, 3.05) is 6.54 Å². The number of amides is 4. The minimum Gasteiger partial charge on any atom is -0.461 e. The average Bonchev–Trinajstić information content (AvgIpc) is 3.49. The molecule has 3 rings (SSSR count). The van der Waals surface area contributed by atoms with Crippen molar-refractivity contribution in [1.82, 2.24) is 20.5 Å². The molecule has 1 aliphatic heterocycles. The van der Waals surface area contributed by atoms with E-state index < -0.39 is 72.1 Å². The third kappa shape index (κ3) is 7.14. The molecule has 0 aliphatic carbocycles. The van der Waals surface area contributed by atoms with Crippen LogP contribution >= 0.6 is 0 Å². The van der Waals surface area contributed by atoms with Gasteiger partial charge in [-0.1, -0.05) is 18.2 Å². The normalized spacial score (nSPS) is 20.7. The minimum absolute atomic E-state index is 0.0197. The van der Waals surface area contributed by atoms with Gasteiger partial charge in [0.2, 0.25) is 23.6 Å². The molecule has 40 heavy (non-hydrogen) atoms. The second kappa shape index (κ2) is 12.9. The number of nitrogens with one attached hydrogen (secondary N) is 3. The van der Waals surface area contributed by atoms with E-state index in [0.717, 1.165) is 15.8 Å². The molecular formula is C26H36N6O8. The zero-order valence-electron chi connectivity index (χ0n) is 22.5. The van der Waals surface area contributed by atoms with Crippen molar-refractivity contribution < 1.29 is 38.9 Å². The molecule has 7 atom stereocenters. The first-order valence-electron chi connectivity index (χ1n) is 12.8. The predicted molar refractivity (Wildman–Crippen MR) is 142 cm³/mol. The standard InChI is InChI=1S/C26H36N6O8/c1-12(33)21(27)26(39)32-11-16(40-14(3)35)9-20(32)25(38)30-19(24(37)31-22(13(2)34)23(28)36)8-15-10-29-18-7-5-4-6-17(15)18/h4-7,10,12-13,16,19-22,29,33-34H,8-9,11,27H2,1-3H3,(H2,28,36)(H,30,38)(H,31,37)/t12-,13-,16-,19+,20+,21+,22+/m1/s1. The Bertz CT molecular complexity index is 1260. The first kappa shape index (κ1) is 30.5. The van der Waals surface area contributed by atoms with Crippen molar-refractivity contribution in [1.29, 1.82) is 0 Å². The van der Waals surface area contributed by atoms with Gasteiger partial charge in [-0.15, -0.1) is 0 Å². The number of carbonyl (C=O) groups is 5. The molecule has 0 bridgehead atoms. The number of primary amides is 1. The number of rotatable bonds is 11. The number of carbonyl (C=O) groups excluding carboxylic acids is 5. The Morgan fingerprint density at radius 2 is 1.80 bits per heavy atom. The average molecular weight is 561 g/mol. The first-order valence-corrected chi connectivity index (χ1v) is 12.8. The molecule has 1 saturated heterocycles. The number of nitrogens with zero attached hydrogens (tertiary/aromatic N) is 1. The van der Waals surface area contributed by atoms with Crippen LogP contribution in [0.5, 0.6) is 0 Å². The number of likely N-dealkylation sites (tertiary alicyclic amines) is 1. The summed E-state index contributed by atoms with van der Waals surface area (Å²) in [6, 6.07) is 2.12. The third-order valence-electron chi connectivity index (χ3n) is 6.80. The van der Waals surface area contributed by atoms with Gasteiger partial charge in [-0.25, -0.2) is 0 Å². The fourth-order valence-corrected chi connectivity index (χ4v) is 4.69. The van der Waals surface area contributed by atoms with E-state index in [1.54, 1.807) is 6.20 Å². The van der Waals surface area contributed by atoms with Crippen LogP contribution in [0, 0.1) is 0 Å². The molecule has 1 aromatic heterocycles. The molecule has 218 valence electrons. The number of aromatic nitrogens is 1. The van der Waals surface area contributed by atoms with Crippen LogP contribution in [0.1, 0.15) is 32.8 Å². The molecule has 0 radical (unpaired) electrons. The van der Waals surface area contributed by atoms with Gasteiger partial charge >= 0.3 is 5.97 Å². The van der Waals surface area contributed by atoms with Crippen LogP contribution < -0.4 is 22.1 Å². The van der Waals surface area contributed by atoms with Crippen molar-refractivity contribution in [3.8, 4) is 0 Å². The largest absolute Gasteiger partial charge is 0.461 e. The summed E-state index contributed by atoms with van der Waals surface area (Å²) in [5.74, 6) is -3.84. The van der Waals surface area contributed by atoms with E-state index in [1.165, 1.54) is 20.8 Å². The monoisotopic (exact) mass is 560 g/mol. The summed E-state index contributed by atoms with van der Waals surface area (Å²) >= 11 is 0. The summed E-state index contributed by atoms with van der Waals surface area (Å²) in [4.78, 5) is 67.5. The fourth-order valence-electron chi connectivity index (χ4n) is 4.69. The number of hydrogen-bond donors (Lipinski definition) is 7. The fraction of sp³-hybridized carbons (Fsp3) is 0.500. The topological polar surface area (TPSA) is 230 Å². The van der Waals surface area contributed by atoms with Gasteiger partial charge in [-0.05, 0) is 25.5 Å². The zero-order chi connectivity index (χ0) is 29.7. The molecule has 2 heterocycles. The van der Waals surface area contributed by atoms with E-state index in [2.05, 4.69) is 15.6 Å². The molecule has 1 fully saturated rings. The lowest BCUT2D eigenvalue weighted by Crippen LogP contribution is -2.59. The molecule has 0 unspecified atom stereocenters. The molecule has 2 aromatic rings. The van der Waals surface area contributed by atoms with Gasteiger partial charge in [0.05, 0.1) is 18.8 Å². The van der Waals surface area contributed by atoms with Crippen LogP contribution in [0.3, 0.4) is 0 Å². The number of aliphatic hydroxyl groups is 2. The number of para-hydroxylation sites is 1. The van der Waals surface area contributed by atoms with Crippen LogP contribution in [-0.2, 0) is 35.1 Å². The number of hydrogen-bond acceptors (Lipinski definition) is 9. The lowest BCUT2D eigenvalue weighted by Gasteiger charge is -2.29. The Hall–Kier alpha value is -4.01. The smallest absolute Gasteiger partial charge is 0.302 e. The van der Waals surface area contributed by atoms with Crippen molar-refractivity contribution in [3.05, 3.63) is 36.0 Å². The maximum absolute atomic E-state index is 13.6. The molecule has 14 nitrogen and oxygen atoms in total. The van der Waals surface area contributed by atoms with Crippen LogP contribution in [0.2, 0.25) is 0 Å². The second-order valence-corrected chi connectivity index (χ2v) is 9.99. The molecular weight excluding hydrogens is 524 g/mol. The first-order chi connectivity index (χ1) is 18.8. The highest BCUT2D eigenvalue weighted by Crippen LogP contribution is 2.24. The number of fused-ring (bicyclic) bond motifs is 1. The van der Waals surface area contributed by atoms with Crippen molar-refractivity contribution in [2.24, 2.45) is 11.5 Å². The molecule has 4 amide bonds. The number of aliphatic hydroxyl groups excluding tert-OH is 2. The Kier molecular flexibility index (Phi) is 9.84. The van der Waals surface area contributed by atoms with Crippen molar-refractivity contribution in [3.63, 3.8) is 0 Å². The lowest BCUT2D eigenvalue weighted by molar-refractivity contribution is -0.147. The van der Waals surface area contributed by atoms with E-state index in [1.807, 2.05) is 24.3 Å². The maximum atomic E-state index is 13.6.